The van der Waals surface area contributed by atoms with Crippen LogP contribution in [0, 0.1) is 10.8 Å². The molecule has 0 unspecified atom stereocenters. The van der Waals surface area contributed by atoms with E-state index in [1.165, 1.54) is 16.5 Å². The first-order valence-electron chi connectivity index (χ1n) is 15.7. The zero-order chi connectivity index (χ0) is 33.3. The van der Waals surface area contributed by atoms with Crippen molar-refractivity contribution < 1.29 is 34.8 Å². The Labute approximate surface area is 268 Å². The van der Waals surface area contributed by atoms with Gasteiger partial charge in [0, 0.05) is 47.8 Å². The van der Waals surface area contributed by atoms with Gasteiger partial charge in [0.25, 0.3) is 5.91 Å². The van der Waals surface area contributed by atoms with Gasteiger partial charge in [0.1, 0.15) is 22.8 Å². The van der Waals surface area contributed by atoms with Crippen LogP contribution < -0.4 is 11.1 Å². The number of rotatable bonds is 6. The van der Waals surface area contributed by atoms with Crippen LogP contribution in [0.5, 0.6) is 5.75 Å². The third-order valence-corrected chi connectivity index (χ3v) is 10.7. The summed E-state index contributed by atoms with van der Waals surface area (Å²) in [6.45, 7) is 6.00. The Bertz CT molecular complexity index is 1690. The molecule has 1 aliphatic heterocycles. The normalized spacial score (nSPS) is 30.3. The Balaban J connectivity index is 1.37. The van der Waals surface area contributed by atoms with Crippen molar-refractivity contribution in [3.05, 3.63) is 76.1 Å². The third kappa shape index (κ3) is 4.55. The fourth-order valence-electron chi connectivity index (χ4n) is 8.75. The maximum absolute atomic E-state index is 14.4. The number of nitrogens with zero attached hydrogens (tertiary/aromatic N) is 2. The van der Waals surface area contributed by atoms with E-state index in [2.05, 4.69) is 22.3 Å². The quantitative estimate of drug-likeness (QED) is 0.206. The van der Waals surface area contributed by atoms with Gasteiger partial charge in [-0.15, -0.1) is 0 Å². The summed E-state index contributed by atoms with van der Waals surface area (Å²) in [5.74, 6) is -4.94. The van der Waals surface area contributed by atoms with Crippen LogP contribution in [0.4, 0.5) is 5.69 Å². The van der Waals surface area contributed by atoms with Crippen molar-refractivity contribution in [2.24, 2.45) is 16.6 Å². The van der Waals surface area contributed by atoms with Gasteiger partial charge < -0.3 is 31.5 Å². The molecule has 2 fully saturated rings. The van der Waals surface area contributed by atoms with E-state index in [0.717, 1.165) is 38.2 Å². The first kappa shape index (κ1) is 31.8. The van der Waals surface area contributed by atoms with Gasteiger partial charge in [0.05, 0.1) is 11.6 Å². The average molecular weight is 631 g/mol. The van der Waals surface area contributed by atoms with Crippen molar-refractivity contribution in [3.63, 3.8) is 0 Å². The number of anilines is 1. The minimum absolute atomic E-state index is 0.0151. The molecular formula is C35H42N4O7. The number of phenolic OH excluding ortho intramolecular Hbond substituents is 1. The number of carbonyl (C=O) groups is 3. The number of fused-ring (bicyclic) bond motifs is 3. The summed E-state index contributed by atoms with van der Waals surface area (Å²) in [7, 11) is 3.18. The van der Waals surface area contributed by atoms with Crippen molar-refractivity contribution in [2.75, 3.05) is 32.5 Å². The highest BCUT2D eigenvalue weighted by Gasteiger charge is 2.72. The van der Waals surface area contributed by atoms with Gasteiger partial charge in [-0.25, -0.2) is 0 Å². The Morgan fingerprint density at radius 2 is 1.70 bits per heavy atom. The number of phenols is 1. The first-order valence-corrected chi connectivity index (χ1v) is 15.7. The number of piperidine rings is 1. The number of carbonyl (C=O) groups excluding carboxylic acids is 3. The summed E-state index contributed by atoms with van der Waals surface area (Å²) in [4.78, 5) is 44.3. The van der Waals surface area contributed by atoms with Gasteiger partial charge in [-0.3, -0.25) is 24.2 Å². The number of aliphatic hydroxyl groups excluding tert-OH is 2. The maximum atomic E-state index is 14.4. The van der Waals surface area contributed by atoms with Crippen molar-refractivity contribution in [1.82, 2.24) is 9.80 Å². The van der Waals surface area contributed by atoms with E-state index in [-0.39, 0.29) is 35.8 Å². The summed E-state index contributed by atoms with van der Waals surface area (Å²) in [5.41, 5.74) is 1.68. The fourth-order valence-corrected chi connectivity index (χ4v) is 8.75. The number of aliphatic hydroxyl groups is 3. The van der Waals surface area contributed by atoms with Crippen molar-refractivity contribution in [2.45, 2.75) is 63.8 Å². The van der Waals surface area contributed by atoms with Crippen LogP contribution in [0.3, 0.4) is 0 Å². The number of likely N-dealkylation sites (tertiary alicyclic amines) is 1. The second-order valence-electron chi connectivity index (χ2n) is 14.1. The van der Waals surface area contributed by atoms with E-state index < -0.39 is 57.0 Å². The SMILES string of the molecule is CN(C)[C@@H]1C(=O)C(C(N)=O)=C(O)[C@@]2(O)C(=O)C3=C(O)c4c(O)ccc(NC5CCN(Cc6ccccc6)CC5)c4C[C@@]3(C)C[C@@]12C. The van der Waals surface area contributed by atoms with Crippen molar-refractivity contribution >= 4 is 28.9 Å². The topological polar surface area (TPSA) is 177 Å². The minimum atomic E-state index is -2.74. The van der Waals surface area contributed by atoms with E-state index >= 15 is 0 Å². The number of ketones is 2. The molecule has 46 heavy (non-hydrogen) atoms. The van der Waals surface area contributed by atoms with Crippen LogP contribution in [0.25, 0.3) is 5.76 Å². The smallest absolute Gasteiger partial charge is 0.255 e. The highest BCUT2D eigenvalue weighted by atomic mass is 16.3. The molecule has 1 saturated carbocycles. The molecule has 1 amide bonds. The van der Waals surface area contributed by atoms with Gasteiger partial charge in [0.2, 0.25) is 5.78 Å². The first-order chi connectivity index (χ1) is 21.6. The molecule has 11 heteroatoms. The summed E-state index contributed by atoms with van der Waals surface area (Å²) < 4.78 is 0. The Hall–Kier alpha value is -4.19. The number of Topliss-reactive ketones (excluding diaryl/α,β-unsaturated/α-hetero) is 2. The van der Waals surface area contributed by atoms with Crippen LogP contribution in [0.1, 0.15) is 49.8 Å². The molecule has 3 aliphatic carbocycles. The molecule has 0 spiro atoms. The van der Waals surface area contributed by atoms with Gasteiger partial charge in [-0.2, -0.15) is 0 Å². The molecule has 11 nitrogen and oxygen atoms in total. The van der Waals surface area contributed by atoms with Crippen LogP contribution in [0.2, 0.25) is 0 Å². The van der Waals surface area contributed by atoms with Crippen molar-refractivity contribution in [1.29, 1.82) is 0 Å². The summed E-state index contributed by atoms with van der Waals surface area (Å²) in [6.07, 6.45) is 1.95. The number of nitrogens with one attached hydrogen (secondary N) is 1. The predicted molar refractivity (Wildman–Crippen MR) is 172 cm³/mol. The lowest BCUT2D eigenvalue weighted by Gasteiger charge is -2.59. The summed E-state index contributed by atoms with van der Waals surface area (Å²) in [6, 6.07) is 12.5. The predicted octanol–water partition coefficient (Wildman–Crippen LogP) is 2.82. The lowest BCUT2D eigenvalue weighted by Crippen LogP contribution is -2.72. The Morgan fingerprint density at radius 3 is 2.30 bits per heavy atom. The number of hydrogen-bond donors (Lipinski definition) is 6. The Morgan fingerprint density at radius 1 is 1.04 bits per heavy atom. The third-order valence-electron chi connectivity index (χ3n) is 10.7. The number of benzene rings is 2. The number of amides is 1. The monoisotopic (exact) mass is 630 g/mol. The molecule has 2 aromatic carbocycles. The molecule has 4 aliphatic rings. The largest absolute Gasteiger partial charge is 0.508 e. The molecule has 7 N–H and O–H groups in total. The van der Waals surface area contributed by atoms with Crippen LogP contribution in [-0.2, 0) is 27.3 Å². The molecule has 6 rings (SSSR count). The molecule has 2 aromatic rings. The van der Waals surface area contributed by atoms with Gasteiger partial charge in [0.15, 0.2) is 11.4 Å². The average Bonchev–Trinajstić information content (AvgIpc) is 2.97. The minimum Gasteiger partial charge on any atom is -0.508 e. The molecule has 244 valence electrons. The van der Waals surface area contributed by atoms with Gasteiger partial charge >= 0.3 is 0 Å². The van der Waals surface area contributed by atoms with Crippen LogP contribution in [0.15, 0.2) is 59.4 Å². The van der Waals surface area contributed by atoms with Crippen molar-refractivity contribution in [3.8, 4) is 5.75 Å². The molecular weight excluding hydrogens is 588 g/mol. The molecule has 1 saturated heterocycles. The van der Waals surface area contributed by atoms with Gasteiger partial charge in [-0.1, -0.05) is 44.2 Å². The molecule has 0 radical (unpaired) electrons. The summed E-state index contributed by atoms with van der Waals surface area (Å²) in [5, 5.41) is 49.7. The lowest BCUT2D eigenvalue weighted by atomic mass is 9.46. The highest BCUT2D eigenvalue weighted by molar-refractivity contribution is 6.25. The van der Waals surface area contributed by atoms with Crippen LogP contribution >= 0.6 is 0 Å². The maximum Gasteiger partial charge on any atom is 0.255 e. The second kappa shape index (κ2) is 11.0. The summed E-state index contributed by atoms with van der Waals surface area (Å²) >= 11 is 0. The number of primary amides is 1. The lowest BCUT2D eigenvalue weighted by molar-refractivity contribution is -0.175. The van der Waals surface area contributed by atoms with E-state index in [0.29, 0.717) is 5.56 Å². The molecule has 4 atom stereocenters. The molecule has 1 heterocycles. The standard InChI is InChI=1S/C35H42N4O7/c1-33-16-21-22(37-20-12-14-39(15-13-20)17-19-8-6-5-7-9-19)10-11-23(40)24(21)27(41)26(33)31(44)35(46)30(43)25(32(36)45)28(42)29(38(3)4)34(35,2)18-33/h5-11,20,29,37,40-41,43,46H,12-18H2,1-4H3,(H2,36,45)/t29-,33+,34+,35-/m1/s1. The van der Waals surface area contributed by atoms with E-state index in [9.17, 15) is 34.8 Å². The Kier molecular flexibility index (Phi) is 7.57. The zero-order valence-electron chi connectivity index (χ0n) is 26.6. The fraction of sp³-hybridized carbons (Fsp3) is 0.457. The highest BCUT2D eigenvalue weighted by Crippen LogP contribution is 2.63. The molecule has 0 aromatic heterocycles. The van der Waals surface area contributed by atoms with E-state index in [1.807, 2.05) is 18.2 Å². The second-order valence-corrected chi connectivity index (χ2v) is 14.1. The molecule has 0 bridgehead atoms. The zero-order valence-corrected chi connectivity index (χ0v) is 26.6. The number of likely N-dealkylation sites (N-methyl/N-ethyl adjacent to an activating group) is 1. The van der Waals surface area contributed by atoms with E-state index in [4.69, 9.17) is 5.73 Å². The van der Waals surface area contributed by atoms with Gasteiger partial charge in [-0.05, 0) is 63.0 Å². The van der Waals surface area contributed by atoms with E-state index in [1.54, 1.807) is 34.0 Å². The van der Waals surface area contributed by atoms with Crippen LogP contribution in [-0.4, -0.2) is 92.6 Å². The number of hydrogen-bond acceptors (Lipinski definition) is 10. The number of nitrogens with two attached hydrogens (primary N) is 1. The number of aromatic hydroxyl groups is 1.